The maximum absolute atomic E-state index is 13.3. The number of rotatable bonds is 8. The van der Waals surface area contributed by atoms with Crippen LogP contribution in [0.15, 0.2) is 53.3 Å². The first kappa shape index (κ1) is 26.6. The molecule has 5 rings (SSSR count). The Balaban J connectivity index is 0.00000304. The molecule has 1 N–H and O–H groups in total. The second kappa shape index (κ2) is 12.2. The summed E-state index contributed by atoms with van der Waals surface area (Å²) in [6.45, 7) is 4.07. The van der Waals surface area contributed by atoms with E-state index >= 15 is 0 Å². The molecule has 2 fully saturated rings. The van der Waals surface area contributed by atoms with Crippen LogP contribution in [-0.4, -0.2) is 59.5 Å². The highest BCUT2D eigenvalue weighted by Crippen LogP contribution is 2.21. The fourth-order valence-electron chi connectivity index (χ4n) is 5.16. The van der Waals surface area contributed by atoms with Crippen molar-refractivity contribution >= 4 is 40.7 Å². The predicted molar refractivity (Wildman–Crippen MR) is 144 cm³/mol. The molecule has 2 aromatic carbocycles. The van der Waals surface area contributed by atoms with Crippen LogP contribution >= 0.6 is 24.0 Å². The number of nitrogens with zero attached hydrogens (tertiary/aromatic N) is 3. The van der Waals surface area contributed by atoms with Crippen LogP contribution in [0, 0.1) is 5.92 Å². The van der Waals surface area contributed by atoms with Crippen LogP contribution in [0.2, 0.25) is 5.02 Å². The third kappa shape index (κ3) is 6.09. The lowest BCUT2D eigenvalue weighted by atomic mass is 10.0. The van der Waals surface area contributed by atoms with Crippen molar-refractivity contribution in [3.63, 3.8) is 0 Å². The molecule has 1 aromatic heterocycles. The smallest absolute Gasteiger partial charge is 0.274 e. The molecule has 0 bridgehead atoms. The van der Waals surface area contributed by atoms with Crippen LogP contribution in [0.1, 0.15) is 30.5 Å². The third-order valence-electron chi connectivity index (χ3n) is 7.11. The molecule has 192 valence electrons. The summed E-state index contributed by atoms with van der Waals surface area (Å²) < 4.78 is 6.96. The Morgan fingerprint density at radius 3 is 2.64 bits per heavy atom. The summed E-state index contributed by atoms with van der Waals surface area (Å²) in [6, 6.07) is 15.7. The van der Waals surface area contributed by atoms with Crippen molar-refractivity contribution in [1.82, 2.24) is 20.0 Å². The lowest BCUT2D eigenvalue weighted by Gasteiger charge is -2.25. The number of likely N-dealkylation sites (tertiary alicyclic amines) is 1. The minimum absolute atomic E-state index is 0. The van der Waals surface area contributed by atoms with Crippen LogP contribution in [0.25, 0.3) is 10.8 Å². The molecule has 2 aliphatic heterocycles. The zero-order valence-electron chi connectivity index (χ0n) is 20.2. The van der Waals surface area contributed by atoms with Crippen LogP contribution in [0.5, 0.6) is 0 Å². The number of amides is 1. The van der Waals surface area contributed by atoms with Gasteiger partial charge in [-0.2, -0.15) is 5.10 Å². The van der Waals surface area contributed by atoms with E-state index in [1.807, 2.05) is 48.5 Å². The number of aromatic nitrogens is 2. The Morgan fingerprint density at radius 2 is 1.89 bits per heavy atom. The van der Waals surface area contributed by atoms with Crippen LogP contribution in [0.4, 0.5) is 0 Å². The standard InChI is InChI=1S/C27H31ClN4O3.ClH/c28-21-9-7-19(8-10-21)16-25-23-5-1-2-6-24(23)27(34)32(30-25)17-22-4-3-13-31(22)14-12-29-26(33)20-11-15-35-18-20;/h1-2,5-10,20,22H,3-4,11-18H2,(H,29,33);1H/t20?,22-;/m1./s1. The zero-order chi connectivity index (χ0) is 24.2. The number of hydrogen-bond donors (Lipinski definition) is 1. The maximum atomic E-state index is 13.3. The number of hydrogen-bond acceptors (Lipinski definition) is 5. The average Bonchev–Trinajstić information content (AvgIpc) is 3.56. The zero-order valence-corrected chi connectivity index (χ0v) is 21.8. The van der Waals surface area contributed by atoms with Crippen molar-refractivity contribution < 1.29 is 9.53 Å². The lowest BCUT2D eigenvalue weighted by molar-refractivity contribution is -0.125. The minimum atomic E-state index is -0.0538. The molecule has 0 radical (unpaired) electrons. The highest BCUT2D eigenvalue weighted by molar-refractivity contribution is 6.30. The lowest BCUT2D eigenvalue weighted by Crippen LogP contribution is -2.42. The highest BCUT2D eigenvalue weighted by atomic mass is 35.5. The van der Waals surface area contributed by atoms with Crippen LogP contribution < -0.4 is 10.9 Å². The van der Waals surface area contributed by atoms with Gasteiger partial charge in [0.05, 0.1) is 30.1 Å². The Kier molecular flexibility index (Phi) is 9.01. The molecule has 2 atom stereocenters. The quantitative estimate of drug-likeness (QED) is 0.480. The summed E-state index contributed by atoms with van der Waals surface area (Å²) in [4.78, 5) is 28.0. The van der Waals surface area contributed by atoms with Crippen LogP contribution in [0.3, 0.4) is 0 Å². The number of ether oxygens (including phenoxy) is 1. The van der Waals surface area contributed by atoms with E-state index in [2.05, 4.69) is 10.2 Å². The number of carbonyl (C=O) groups is 1. The van der Waals surface area contributed by atoms with Gasteiger partial charge in [0.25, 0.3) is 5.56 Å². The number of carbonyl (C=O) groups excluding carboxylic acids is 1. The Morgan fingerprint density at radius 1 is 1.11 bits per heavy atom. The van der Waals surface area contributed by atoms with Crippen molar-refractivity contribution in [2.75, 3.05) is 32.8 Å². The van der Waals surface area contributed by atoms with Crippen molar-refractivity contribution in [3.8, 4) is 0 Å². The topological polar surface area (TPSA) is 76.5 Å². The molecule has 0 saturated carbocycles. The summed E-state index contributed by atoms with van der Waals surface area (Å²) in [6.07, 6.45) is 3.52. The second-order valence-electron chi connectivity index (χ2n) is 9.47. The molecule has 36 heavy (non-hydrogen) atoms. The third-order valence-corrected chi connectivity index (χ3v) is 7.36. The summed E-state index contributed by atoms with van der Waals surface area (Å²) in [5.41, 5.74) is 1.93. The minimum Gasteiger partial charge on any atom is -0.381 e. The van der Waals surface area contributed by atoms with Crippen molar-refractivity contribution in [2.45, 2.75) is 38.3 Å². The Labute approximate surface area is 222 Å². The fourth-order valence-corrected chi connectivity index (χ4v) is 5.29. The first-order valence-electron chi connectivity index (χ1n) is 12.4. The molecule has 1 unspecified atom stereocenters. The van der Waals surface area contributed by atoms with Crippen LogP contribution in [-0.2, 0) is 22.5 Å². The summed E-state index contributed by atoms with van der Waals surface area (Å²) in [5, 5.41) is 10.2. The van der Waals surface area contributed by atoms with E-state index in [0.29, 0.717) is 43.1 Å². The molecular weight excluding hydrogens is 499 g/mol. The van der Waals surface area contributed by atoms with E-state index in [-0.39, 0.29) is 35.8 Å². The Hall–Kier alpha value is -2.45. The number of benzene rings is 2. The number of halogens is 2. The second-order valence-corrected chi connectivity index (χ2v) is 9.90. The maximum Gasteiger partial charge on any atom is 0.274 e. The van der Waals surface area contributed by atoms with Gasteiger partial charge in [-0.3, -0.25) is 14.5 Å². The summed E-state index contributed by atoms with van der Waals surface area (Å²) in [7, 11) is 0. The first-order chi connectivity index (χ1) is 17.1. The summed E-state index contributed by atoms with van der Waals surface area (Å²) in [5.74, 6) is 0.0568. The van der Waals surface area contributed by atoms with Gasteiger partial charge in [-0.15, -0.1) is 12.4 Å². The van der Waals surface area contributed by atoms with Gasteiger partial charge in [-0.1, -0.05) is 41.9 Å². The van der Waals surface area contributed by atoms with Gasteiger partial charge >= 0.3 is 0 Å². The molecule has 1 amide bonds. The van der Waals surface area contributed by atoms with E-state index in [0.717, 1.165) is 49.0 Å². The van der Waals surface area contributed by atoms with E-state index in [1.165, 1.54) is 0 Å². The summed E-state index contributed by atoms with van der Waals surface area (Å²) >= 11 is 6.06. The van der Waals surface area contributed by atoms with Gasteiger partial charge < -0.3 is 10.1 Å². The average molecular weight is 531 g/mol. The predicted octanol–water partition coefficient (Wildman–Crippen LogP) is 3.68. The molecule has 0 aliphatic carbocycles. The molecule has 2 saturated heterocycles. The van der Waals surface area contributed by atoms with Gasteiger partial charge in [0.1, 0.15) is 0 Å². The van der Waals surface area contributed by atoms with Gasteiger partial charge in [0.2, 0.25) is 5.91 Å². The molecule has 7 nitrogen and oxygen atoms in total. The van der Waals surface area contributed by atoms with Crippen molar-refractivity contribution in [3.05, 3.63) is 75.2 Å². The molecule has 9 heteroatoms. The van der Waals surface area contributed by atoms with E-state index < -0.39 is 0 Å². The van der Waals surface area contributed by atoms with Gasteiger partial charge in [-0.05, 0) is 49.6 Å². The van der Waals surface area contributed by atoms with Gasteiger partial charge in [0, 0.05) is 42.6 Å². The van der Waals surface area contributed by atoms with E-state index in [9.17, 15) is 9.59 Å². The molecule has 3 aromatic rings. The highest BCUT2D eigenvalue weighted by Gasteiger charge is 2.27. The molecule has 0 spiro atoms. The van der Waals surface area contributed by atoms with E-state index in [1.54, 1.807) is 4.68 Å². The number of fused-ring (bicyclic) bond motifs is 1. The Bertz CT molecular complexity index is 1240. The number of nitrogens with one attached hydrogen (secondary N) is 1. The largest absolute Gasteiger partial charge is 0.381 e. The van der Waals surface area contributed by atoms with Crippen molar-refractivity contribution in [2.24, 2.45) is 5.92 Å². The fraction of sp³-hybridized carbons (Fsp3) is 0.444. The van der Waals surface area contributed by atoms with E-state index in [4.69, 9.17) is 21.4 Å². The normalized spacial score (nSPS) is 19.9. The molecular formula is C27H32Cl2N4O3. The first-order valence-corrected chi connectivity index (χ1v) is 12.8. The van der Waals surface area contributed by atoms with Gasteiger partial charge in [-0.25, -0.2) is 4.68 Å². The van der Waals surface area contributed by atoms with Crippen molar-refractivity contribution in [1.29, 1.82) is 0 Å². The SMILES string of the molecule is Cl.O=C(NCCN1CCC[C@@H]1Cn1nc(Cc2ccc(Cl)cc2)c2ccccc2c1=O)C1CCOC1. The monoisotopic (exact) mass is 530 g/mol. The molecule has 3 heterocycles. The van der Waals surface area contributed by atoms with Gasteiger partial charge in [0.15, 0.2) is 0 Å². The molecule has 2 aliphatic rings.